The highest BCUT2D eigenvalue weighted by Gasteiger charge is 2.10. The van der Waals surface area contributed by atoms with E-state index in [2.05, 4.69) is 18.0 Å². The molecule has 1 aliphatic carbocycles. The number of hydrogen-bond donors (Lipinski definition) is 1. The van der Waals surface area contributed by atoms with E-state index in [0.29, 0.717) is 12.1 Å². The summed E-state index contributed by atoms with van der Waals surface area (Å²) in [5.41, 5.74) is 1.91. The Balaban J connectivity index is 1.48. The largest absolute Gasteiger partial charge is 0.488 e. The van der Waals surface area contributed by atoms with Crippen LogP contribution in [0.2, 0.25) is 0 Å². The van der Waals surface area contributed by atoms with Crippen molar-refractivity contribution in [3.63, 3.8) is 0 Å². The summed E-state index contributed by atoms with van der Waals surface area (Å²) in [5, 5.41) is 5.11. The normalized spacial score (nSPS) is 14.0. The molecule has 0 aromatic heterocycles. The zero-order valence-corrected chi connectivity index (χ0v) is 14.6. The molecule has 25 heavy (non-hydrogen) atoms. The minimum atomic E-state index is -0.128. The van der Waals surface area contributed by atoms with Gasteiger partial charge in [0.25, 0.3) is 0 Å². The van der Waals surface area contributed by atoms with Crippen LogP contribution in [0, 0.1) is 0 Å². The number of ether oxygens (including phenoxy) is 1. The summed E-state index contributed by atoms with van der Waals surface area (Å²) < 4.78 is 5.83. The third-order valence-electron chi connectivity index (χ3n) is 4.59. The Kier molecular flexibility index (Phi) is 5.89. The van der Waals surface area contributed by atoms with Gasteiger partial charge in [0.05, 0.1) is 0 Å². The fraction of sp³-hybridized carbons (Fsp3) is 0.318. The van der Waals surface area contributed by atoms with E-state index in [1.165, 1.54) is 31.3 Å². The van der Waals surface area contributed by atoms with Gasteiger partial charge in [0, 0.05) is 17.5 Å². The van der Waals surface area contributed by atoms with E-state index in [1.54, 1.807) is 0 Å². The van der Waals surface area contributed by atoms with Gasteiger partial charge in [0.2, 0.25) is 5.91 Å². The first-order chi connectivity index (χ1) is 12.2. The van der Waals surface area contributed by atoms with E-state index >= 15 is 0 Å². The quantitative estimate of drug-likeness (QED) is 0.584. The summed E-state index contributed by atoms with van der Waals surface area (Å²) in [5.74, 6) is 0.649. The van der Waals surface area contributed by atoms with Gasteiger partial charge in [-0.3, -0.25) is 4.79 Å². The van der Waals surface area contributed by atoms with Crippen molar-refractivity contribution in [2.75, 3.05) is 13.2 Å². The number of hydrogen-bond acceptors (Lipinski definition) is 2. The molecule has 1 aliphatic rings. The van der Waals surface area contributed by atoms with Crippen LogP contribution < -0.4 is 10.1 Å². The van der Waals surface area contributed by atoms with Crippen LogP contribution in [-0.2, 0) is 4.79 Å². The average molecular weight is 335 g/mol. The van der Waals surface area contributed by atoms with Crippen LogP contribution in [0.1, 0.15) is 32.1 Å². The molecule has 130 valence electrons. The van der Waals surface area contributed by atoms with E-state index in [0.717, 1.165) is 22.9 Å². The summed E-state index contributed by atoms with van der Waals surface area (Å²) in [6.45, 7) is 4.73. The Bertz CT molecular complexity index is 786. The summed E-state index contributed by atoms with van der Waals surface area (Å²) >= 11 is 0. The van der Waals surface area contributed by atoms with Crippen LogP contribution in [0.4, 0.5) is 0 Å². The Hall–Kier alpha value is -2.55. The lowest BCUT2D eigenvalue weighted by molar-refractivity contribution is -0.117. The third kappa shape index (κ3) is 4.72. The molecule has 0 fully saturated rings. The topological polar surface area (TPSA) is 38.3 Å². The number of carbonyl (C=O) groups is 1. The lowest BCUT2D eigenvalue weighted by atomic mass is 9.97. The van der Waals surface area contributed by atoms with Crippen molar-refractivity contribution in [3.05, 3.63) is 66.3 Å². The van der Waals surface area contributed by atoms with Crippen LogP contribution in [-0.4, -0.2) is 19.1 Å². The van der Waals surface area contributed by atoms with E-state index in [4.69, 9.17) is 4.74 Å². The Morgan fingerprint density at radius 1 is 1.12 bits per heavy atom. The minimum Gasteiger partial charge on any atom is -0.488 e. The maximum absolute atomic E-state index is 12.2. The number of nitrogens with one attached hydrogen (secondary N) is 1. The molecule has 3 nitrogen and oxygen atoms in total. The van der Waals surface area contributed by atoms with E-state index < -0.39 is 0 Å². The number of amides is 1. The number of carbonyl (C=O) groups excluding carboxylic acids is 1. The standard InChI is InChI=1S/C22H25NO2/c1-17(22(24)23-15-14-18-8-3-2-4-9-18)16-25-21-13-7-11-19-10-5-6-12-20(19)21/h5-8,10-13H,1-4,9,14-16H2,(H,23,24). The summed E-state index contributed by atoms with van der Waals surface area (Å²) in [6, 6.07) is 14.0. The van der Waals surface area contributed by atoms with Crippen molar-refractivity contribution in [1.82, 2.24) is 5.32 Å². The van der Waals surface area contributed by atoms with Gasteiger partial charge < -0.3 is 10.1 Å². The van der Waals surface area contributed by atoms with Gasteiger partial charge in [-0.05, 0) is 43.6 Å². The molecular weight excluding hydrogens is 310 g/mol. The maximum atomic E-state index is 12.2. The monoisotopic (exact) mass is 335 g/mol. The molecule has 1 amide bonds. The number of allylic oxidation sites excluding steroid dienone is 1. The number of rotatable bonds is 7. The second-order valence-electron chi connectivity index (χ2n) is 6.48. The number of fused-ring (bicyclic) bond motifs is 1. The van der Waals surface area contributed by atoms with Crippen LogP contribution >= 0.6 is 0 Å². The predicted molar refractivity (Wildman–Crippen MR) is 103 cm³/mol. The highest BCUT2D eigenvalue weighted by atomic mass is 16.5. The minimum absolute atomic E-state index is 0.128. The molecule has 0 saturated carbocycles. The molecule has 3 rings (SSSR count). The second kappa shape index (κ2) is 8.52. The zero-order chi connectivity index (χ0) is 17.5. The Labute approximate surface area is 149 Å². The van der Waals surface area contributed by atoms with Gasteiger partial charge in [-0.1, -0.05) is 54.6 Å². The fourth-order valence-corrected chi connectivity index (χ4v) is 3.15. The Morgan fingerprint density at radius 3 is 2.80 bits per heavy atom. The molecule has 0 heterocycles. The van der Waals surface area contributed by atoms with Crippen molar-refractivity contribution >= 4 is 16.7 Å². The molecule has 2 aromatic carbocycles. The van der Waals surface area contributed by atoms with Crippen LogP contribution in [0.25, 0.3) is 10.8 Å². The van der Waals surface area contributed by atoms with E-state index in [9.17, 15) is 4.79 Å². The first-order valence-electron chi connectivity index (χ1n) is 8.98. The second-order valence-corrected chi connectivity index (χ2v) is 6.48. The molecule has 0 atom stereocenters. The van der Waals surface area contributed by atoms with Gasteiger partial charge in [0.15, 0.2) is 0 Å². The molecule has 2 aromatic rings. The smallest absolute Gasteiger partial charge is 0.250 e. The fourth-order valence-electron chi connectivity index (χ4n) is 3.15. The summed E-state index contributed by atoms with van der Waals surface area (Å²) in [7, 11) is 0. The summed E-state index contributed by atoms with van der Waals surface area (Å²) in [4.78, 5) is 12.2. The van der Waals surface area contributed by atoms with Gasteiger partial charge in [-0.25, -0.2) is 0 Å². The van der Waals surface area contributed by atoms with Crippen LogP contribution in [0.15, 0.2) is 66.3 Å². The molecule has 1 N–H and O–H groups in total. The van der Waals surface area contributed by atoms with Gasteiger partial charge >= 0.3 is 0 Å². The molecule has 0 aliphatic heterocycles. The lowest BCUT2D eigenvalue weighted by Gasteiger charge is -2.14. The molecule has 0 spiro atoms. The summed E-state index contributed by atoms with van der Waals surface area (Å²) in [6.07, 6.45) is 8.15. The molecular formula is C22H25NO2. The molecule has 3 heteroatoms. The molecule has 0 bridgehead atoms. The van der Waals surface area contributed by atoms with Gasteiger partial charge in [-0.15, -0.1) is 0 Å². The first-order valence-corrected chi connectivity index (χ1v) is 8.98. The molecule has 0 saturated heterocycles. The maximum Gasteiger partial charge on any atom is 0.250 e. The molecule has 0 radical (unpaired) electrons. The van der Waals surface area contributed by atoms with Crippen LogP contribution in [0.3, 0.4) is 0 Å². The van der Waals surface area contributed by atoms with Crippen LogP contribution in [0.5, 0.6) is 5.75 Å². The highest BCUT2D eigenvalue weighted by molar-refractivity contribution is 5.93. The van der Waals surface area contributed by atoms with Crippen molar-refractivity contribution in [2.45, 2.75) is 32.1 Å². The van der Waals surface area contributed by atoms with Crippen molar-refractivity contribution in [2.24, 2.45) is 0 Å². The van der Waals surface area contributed by atoms with Crippen molar-refractivity contribution in [1.29, 1.82) is 0 Å². The SMILES string of the molecule is C=C(COc1cccc2ccccc12)C(=O)NCCC1=CCCCC1. The van der Waals surface area contributed by atoms with Gasteiger partial charge in [-0.2, -0.15) is 0 Å². The number of benzene rings is 2. The van der Waals surface area contributed by atoms with Gasteiger partial charge in [0.1, 0.15) is 12.4 Å². The van der Waals surface area contributed by atoms with E-state index in [-0.39, 0.29) is 12.5 Å². The first kappa shape index (κ1) is 17.3. The third-order valence-corrected chi connectivity index (χ3v) is 4.59. The van der Waals surface area contributed by atoms with Crippen molar-refractivity contribution in [3.8, 4) is 5.75 Å². The highest BCUT2D eigenvalue weighted by Crippen LogP contribution is 2.25. The Morgan fingerprint density at radius 2 is 1.96 bits per heavy atom. The lowest BCUT2D eigenvalue weighted by Crippen LogP contribution is -2.28. The van der Waals surface area contributed by atoms with E-state index in [1.807, 2.05) is 42.5 Å². The van der Waals surface area contributed by atoms with Crippen molar-refractivity contribution < 1.29 is 9.53 Å². The predicted octanol–water partition coefficient (Wildman–Crippen LogP) is 4.78. The average Bonchev–Trinajstić information content (AvgIpc) is 2.66. The zero-order valence-electron chi connectivity index (χ0n) is 14.6. The molecule has 0 unspecified atom stereocenters.